The number of ether oxygens (including phenoxy) is 1. The van der Waals surface area contributed by atoms with Crippen LogP contribution in [0.5, 0.6) is 0 Å². The van der Waals surface area contributed by atoms with Crippen LogP contribution in [-0.2, 0) is 14.3 Å². The first-order chi connectivity index (χ1) is 15.5. The summed E-state index contributed by atoms with van der Waals surface area (Å²) >= 11 is 0. The molecule has 7 heteroatoms. The molecule has 2 aromatic rings. The third-order valence-electron chi connectivity index (χ3n) is 5.63. The van der Waals surface area contributed by atoms with Crippen LogP contribution in [0.2, 0.25) is 0 Å². The fourth-order valence-electron chi connectivity index (χ4n) is 3.95. The highest BCUT2D eigenvalue weighted by Gasteiger charge is 2.30. The van der Waals surface area contributed by atoms with E-state index in [9.17, 15) is 19.5 Å². The molecule has 7 nitrogen and oxygen atoms in total. The second-order valence-electron chi connectivity index (χ2n) is 7.70. The molecular weight excluding hydrogens is 408 g/mol. The summed E-state index contributed by atoms with van der Waals surface area (Å²) in [5.74, 6) is -1.77. The van der Waals surface area contributed by atoms with Gasteiger partial charge in [-0.2, -0.15) is 0 Å². The van der Waals surface area contributed by atoms with Gasteiger partial charge in [-0.25, -0.2) is 9.59 Å². The Hall–Kier alpha value is -3.61. The Bertz CT molecular complexity index is 958. The Morgan fingerprint density at radius 2 is 1.62 bits per heavy atom. The number of carbonyl (C=O) groups excluding carboxylic acids is 2. The molecule has 2 amide bonds. The number of carboxylic acids is 1. The van der Waals surface area contributed by atoms with Gasteiger partial charge in [0.05, 0.1) is 0 Å². The van der Waals surface area contributed by atoms with Gasteiger partial charge in [-0.15, -0.1) is 6.58 Å². The maximum Gasteiger partial charge on any atom is 0.407 e. The summed E-state index contributed by atoms with van der Waals surface area (Å²) in [5.41, 5.74) is 4.44. The number of rotatable bonds is 10. The van der Waals surface area contributed by atoms with Gasteiger partial charge in [0.25, 0.3) is 0 Å². The number of hydrogen-bond acceptors (Lipinski definition) is 4. The minimum absolute atomic E-state index is 0.0858. The van der Waals surface area contributed by atoms with Crippen molar-refractivity contribution >= 4 is 18.0 Å². The quantitative estimate of drug-likeness (QED) is 0.491. The zero-order chi connectivity index (χ0) is 23.1. The van der Waals surface area contributed by atoms with E-state index in [1.54, 1.807) is 13.0 Å². The van der Waals surface area contributed by atoms with E-state index in [0.717, 1.165) is 22.3 Å². The molecule has 1 aliphatic carbocycles. The van der Waals surface area contributed by atoms with Crippen molar-refractivity contribution in [3.63, 3.8) is 0 Å². The van der Waals surface area contributed by atoms with Crippen molar-refractivity contribution in [2.24, 2.45) is 0 Å². The van der Waals surface area contributed by atoms with E-state index in [2.05, 4.69) is 29.3 Å². The number of carboxylic acid groups (broad SMARTS) is 1. The molecule has 0 saturated carbocycles. The van der Waals surface area contributed by atoms with E-state index in [0.29, 0.717) is 12.8 Å². The van der Waals surface area contributed by atoms with E-state index in [-0.39, 0.29) is 18.9 Å². The van der Waals surface area contributed by atoms with Crippen molar-refractivity contribution in [1.82, 2.24) is 10.6 Å². The number of aliphatic carboxylic acids is 1. The first-order valence-corrected chi connectivity index (χ1v) is 10.7. The Morgan fingerprint density at radius 1 is 1.03 bits per heavy atom. The van der Waals surface area contributed by atoms with Crippen LogP contribution in [0.1, 0.15) is 43.2 Å². The van der Waals surface area contributed by atoms with Crippen LogP contribution >= 0.6 is 0 Å². The number of allylic oxidation sites excluding steroid dienone is 1. The van der Waals surface area contributed by atoms with Crippen LogP contribution in [0, 0.1) is 0 Å². The maximum atomic E-state index is 12.5. The lowest BCUT2D eigenvalue weighted by Gasteiger charge is -2.21. The van der Waals surface area contributed by atoms with Gasteiger partial charge in [0.2, 0.25) is 5.91 Å². The number of nitrogens with one attached hydrogen (secondary N) is 2. The van der Waals surface area contributed by atoms with Gasteiger partial charge in [-0.3, -0.25) is 4.79 Å². The number of fused-ring (bicyclic) bond motifs is 3. The fraction of sp³-hybridized carbons (Fsp3) is 0.320. The first kappa shape index (κ1) is 23.1. The van der Waals surface area contributed by atoms with Crippen LogP contribution in [-0.4, -0.2) is 41.8 Å². The minimum Gasteiger partial charge on any atom is -0.480 e. The lowest BCUT2D eigenvalue weighted by atomic mass is 9.98. The molecule has 2 atom stereocenters. The smallest absolute Gasteiger partial charge is 0.407 e. The van der Waals surface area contributed by atoms with E-state index in [1.807, 2.05) is 36.4 Å². The number of alkyl carbamates (subject to hydrolysis) is 1. The van der Waals surface area contributed by atoms with Crippen LogP contribution in [0.25, 0.3) is 11.1 Å². The van der Waals surface area contributed by atoms with Crippen LogP contribution in [0.15, 0.2) is 61.2 Å². The zero-order valence-electron chi connectivity index (χ0n) is 18.0. The van der Waals surface area contributed by atoms with Crippen molar-refractivity contribution in [3.8, 4) is 11.1 Å². The average Bonchev–Trinajstić information content (AvgIpc) is 3.12. The predicted octanol–water partition coefficient (Wildman–Crippen LogP) is 3.84. The average molecular weight is 437 g/mol. The lowest BCUT2D eigenvalue weighted by Crippen LogP contribution is -2.51. The highest BCUT2D eigenvalue weighted by atomic mass is 16.5. The number of amides is 2. The highest BCUT2D eigenvalue weighted by Crippen LogP contribution is 2.44. The minimum atomic E-state index is -1.13. The lowest BCUT2D eigenvalue weighted by molar-refractivity contribution is -0.142. The van der Waals surface area contributed by atoms with Gasteiger partial charge >= 0.3 is 12.1 Å². The normalized spacial score (nSPS) is 13.9. The van der Waals surface area contributed by atoms with E-state index >= 15 is 0 Å². The number of carbonyl (C=O) groups is 3. The SMILES string of the molecule is C=CCCC(NC(=O)C(CC)NC(=O)OCC1c2ccccc2-c2ccccc21)C(=O)O. The summed E-state index contributed by atoms with van der Waals surface area (Å²) < 4.78 is 5.48. The molecule has 1 aliphatic rings. The third kappa shape index (κ3) is 5.17. The Kier molecular flexibility index (Phi) is 7.65. The molecule has 2 unspecified atom stereocenters. The monoisotopic (exact) mass is 436 g/mol. The van der Waals surface area contributed by atoms with Crippen molar-refractivity contribution in [1.29, 1.82) is 0 Å². The molecule has 0 aromatic heterocycles. The second kappa shape index (κ2) is 10.6. The molecule has 2 aromatic carbocycles. The molecule has 0 aliphatic heterocycles. The number of benzene rings is 2. The second-order valence-corrected chi connectivity index (χ2v) is 7.70. The molecule has 0 radical (unpaired) electrons. The molecule has 32 heavy (non-hydrogen) atoms. The van der Waals surface area contributed by atoms with Crippen LogP contribution < -0.4 is 10.6 Å². The summed E-state index contributed by atoms with van der Waals surface area (Å²) in [7, 11) is 0. The molecule has 0 saturated heterocycles. The number of hydrogen-bond donors (Lipinski definition) is 3. The van der Waals surface area contributed by atoms with E-state index in [1.165, 1.54) is 0 Å². The largest absolute Gasteiger partial charge is 0.480 e. The highest BCUT2D eigenvalue weighted by molar-refractivity contribution is 5.89. The third-order valence-corrected chi connectivity index (χ3v) is 5.63. The standard InChI is InChI=1S/C25H28N2O5/c1-3-5-14-22(24(29)30)26-23(28)21(4-2)27-25(31)32-15-20-18-12-8-6-10-16(18)17-11-7-9-13-19(17)20/h3,6-13,20-22H,1,4-5,14-15H2,2H3,(H,26,28)(H,27,31)(H,29,30). The maximum absolute atomic E-state index is 12.5. The summed E-state index contributed by atoms with van der Waals surface area (Å²) in [6, 6.07) is 14.1. The van der Waals surface area contributed by atoms with E-state index < -0.39 is 30.1 Å². The fourth-order valence-corrected chi connectivity index (χ4v) is 3.95. The van der Waals surface area contributed by atoms with Crippen LogP contribution in [0.3, 0.4) is 0 Å². The summed E-state index contributed by atoms with van der Waals surface area (Å²) in [5, 5.41) is 14.3. The van der Waals surface area contributed by atoms with Crippen molar-refractivity contribution in [3.05, 3.63) is 72.3 Å². The van der Waals surface area contributed by atoms with Crippen molar-refractivity contribution in [2.45, 2.75) is 44.2 Å². The van der Waals surface area contributed by atoms with Crippen LogP contribution in [0.4, 0.5) is 4.79 Å². The molecule has 3 N–H and O–H groups in total. The molecule has 0 heterocycles. The van der Waals surface area contributed by atoms with Crippen molar-refractivity contribution in [2.75, 3.05) is 6.61 Å². The van der Waals surface area contributed by atoms with Gasteiger partial charge in [0, 0.05) is 5.92 Å². The van der Waals surface area contributed by atoms with Gasteiger partial charge < -0.3 is 20.5 Å². The molecule has 0 fully saturated rings. The van der Waals surface area contributed by atoms with Gasteiger partial charge in [-0.1, -0.05) is 61.5 Å². The topological polar surface area (TPSA) is 105 Å². The first-order valence-electron chi connectivity index (χ1n) is 10.7. The molecule has 0 bridgehead atoms. The molecule has 3 rings (SSSR count). The zero-order valence-corrected chi connectivity index (χ0v) is 18.0. The van der Waals surface area contributed by atoms with Gasteiger partial charge in [0.15, 0.2) is 0 Å². The Balaban J connectivity index is 1.61. The van der Waals surface area contributed by atoms with E-state index in [4.69, 9.17) is 4.74 Å². The molecule has 168 valence electrons. The van der Waals surface area contributed by atoms with Gasteiger partial charge in [0.1, 0.15) is 18.7 Å². The summed E-state index contributed by atoms with van der Waals surface area (Å²) in [4.78, 5) is 36.3. The molecular formula is C25H28N2O5. The Morgan fingerprint density at radius 3 is 2.16 bits per heavy atom. The van der Waals surface area contributed by atoms with Gasteiger partial charge in [-0.05, 0) is 41.5 Å². The summed E-state index contributed by atoms with van der Waals surface area (Å²) in [6.45, 7) is 5.43. The summed E-state index contributed by atoms with van der Waals surface area (Å²) in [6.07, 6.45) is 1.85. The Labute approximate surface area is 187 Å². The molecule has 0 spiro atoms. The predicted molar refractivity (Wildman–Crippen MR) is 121 cm³/mol. The van der Waals surface area contributed by atoms with Crippen molar-refractivity contribution < 1.29 is 24.2 Å².